The second-order valence-electron chi connectivity index (χ2n) is 4.76. The van der Waals surface area contributed by atoms with Crippen LogP contribution in [0.15, 0.2) is 29.2 Å². The SMILES string of the molecule is COc1cccc(SCC(=O)NCC2CNCC2O)c1.Cl. The molecular weight excluding hydrogens is 312 g/mol. The van der Waals surface area contributed by atoms with Gasteiger partial charge in [-0.25, -0.2) is 0 Å². The zero-order valence-corrected chi connectivity index (χ0v) is 13.5. The van der Waals surface area contributed by atoms with Crippen molar-refractivity contribution in [1.82, 2.24) is 10.6 Å². The quantitative estimate of drug-likeness (QED) is 0.675. The largest absolute Gasteiger partial charge is 0.497 e. The number of carbonyl (C=O) groups is 1. The van der Waals surface area contributed by atoms with E-state index in [1.165, 1.54) is 11.8 Å². The summed E-state index contributed by atoms with van der Waals surface area (Å²) < 4.78 is 5.14. The highest BCUT2D eigenvalue weighted by molar-refractivity contribution is 8.00. The molecule has 2 unspecified atom stereocenters. The van der Waals surface area contributed by atoms with Gasteiger partial charge < -0.3 is 20.5 Å². The molecule has 1 aliphatic heterocycles. The number of β-amino-alcohol motifs (C(OH)–C–C–N with tert-alkyl or cyclic N) is 1. The van der Waals surface area contributed by atoms with Gasteiger partial charge in [0, 0.05) is 30.4 Å². The Morgan fingerprint density at radius 3 is 3.00 bits per heavy atom. The molecule has 0 bridgehead atoms. The fraction of sp³-hybridized carbons (Fsp3) is 0.500. The van der Waals surface area contributed by atoms with E-state index >= 15 is 0 Å². The highest BCUT2D eigenvalue weighted by Gasteiger charge is 2.24. The number of nitrogens with one attached hydrogen (secondary N) is 2. The lowest BCUT2D eigenvalue weighted by atomic mass is 10.1. The van der Waals surface area contributed by atoms with Crippen molar-refractivity contribution in [2.75, 3.05) is 32.5 Å². The molecule has 0 aromatic heterocycles. The van der Waals surface area contributed by atoms with E-state index in [-0.39, 0.29) is 30.3 Å². The van der Waals surface area contributed by atoms with E-state index < -0.39 is 0 Å². The number of methoxy groups -OCH3 is 1. The molecule has 5 nitrogen and oxygen atoms in total. The first-order valence-corrected chi connectivity index (χ1v) is 7.60. The molecule has 1 heterocycles. The van der Waals surface area contributed by atoms with E-state index in [0.29, 0.717) is 18.8 Å². The van der Waals surface area contributed by atoms with Crippen LogP contribution in [0.4, 0.5) is 0 Å². The summed E-state index contributed by atoms with van der Waals surface area (Å²) in [5.74, 6) is 1.25. The number of aliphatic hydroxyl groups excluding tert-OH is 1. The van der Waals surface area contributed by atoms with E-state index in [4.69, 9.17) is 4.74 Å². The third-order valence-corrected chi connectivity index (χ3v) is 4.27. The molecule has 2 rings (SSSR count). The molecule has 2 atom stereocenters. The minimum Gasteiger partial charge on any atom is -0.497 e. The summed E-state index contributed by atoms with van der Waals surface area (Å²) in [4.78, 5) is 12.8. The first kappa shape index (κ1) is 18.1. The Balaban J connectivity index is 0.00000220. The molecule has 1 aliphatic rings. The van der Waals surface area contributed by atoms with E-state index in [0.717, 1.165) is 17.2 Å². The van der Waals surface area contributed by atoms with Gasteiger partial charge in [-0.05, 0) is 18.2 Å². The van der Waals surface area contributed by atoms with Crippen molar-refractivity contribution in [1.29, 1.82) is 0 Å². The molecule has 1 fully saturated rings. The van der Waals surface area contributed by atoms with E-state index in [1.54, 1.807) is 7.11 Å². The van der Waals surface area contributed by atoms with Gasteiger partial charge in [0.1, 0.15) is 5.75 Å². The van der Waals surface area contributed by atoms with Gasteiger partial charge >= 0.3 is 0 Å². The highest BCUT2D eigenvalue weighted by Crippen LogP contribution is 2.22. The first-order chi connectivity index (χ1) is 9.69. The summed E-state index contributed by atoms with van der Waals surface area (Å²) in [6, 6.07) is 7.63. The Morgan fingerprint density at radius 2 is 2.33 bits per heavy atom. The number of aliphatic hydroxyl groups is 1. The Morgan fingerprint density at radius 1 is 1.52 bits per heavy atom. The summed E-state index contributed by atoms with van der Waals surface area (Å²) >= 11 is 1.47. The number of thioether (sulfide) groups is 1. The molecule has 0 saturated carbocycles. The average Bonchev–Trinajstić information content (AvgIpc) is 2.88. The van der Waals surface area contributed by atoms with Crippen LogP contribution >= 0.6 is 24.2 Å². The monoisotopic (exact) mass is 332 g/mol. The molecule has 1 saturated heterocycles. The van der Waals surface area contributed by atoms with Crippen LogP contribution in [-0.4, -0.2) is 49.6 Å². The molecule has 1 aromatic carbocycles. The summed E-state index contributed by atoms with van der Waals surface area (Å²) in [5, 5.41) is 15.6. The zero-order chi connectivity index (χ0) is 14.4. The molecule has 0 spiro atoms. The van der Waals surface area contributed by atoms with E-state index in [1.807, 2.05) is 24.3 Å². The summed E-state index contributed by atoms with van der Waals surface area (Å²) in [6.45, 7) is 1.88. The van der Waals surface area contributed by atoms with Crippen LogP contribution in [0, 0.1) is 5.92 Å². The number of benzene rings is 1. The lowest BCUT2D eigenvalue weighted by Crippen LogP contribution is -2.35. The number of halogens is 1. The van der Waals surface area contributed by atoms with Crippen LogP contribution in [0.2, 0.25) is 0 Å². The van der Waals surface area contributed by atoms with Gasteiger partial charge in [0.2, 0.25) is 5.91 Å². The Kier molecular flexibility index (Phi) is 7.88. The number of hydrogen-bond donors (Lipinski definition) is 3. The molecule has 3 N–H and O–H groups in total. The number of hydrogen-bond acceptors (Lipinski definition) is 5. The van der Waals surface area contributed by atoms with Gasteiger partial charge in [-0.2, -0.15) is 0 Å². The Labute approximate surface area is 135 Å². The fourth-order valence-corrected chi connectivity index (χ4v) is 2.84. The lowest BCUT2D eigenvalue weighted by Gasteiger charge is -2.14. The van der Waals surface area contributed by atoms with Crippen molar-refractivity contribution < 1.29 is 14.6 Å². The van der Waals surface area contributed by atoms with Gasteiger partial charge in [-0.3, -0.25) is 4.79 Å². The molecule has 7 heteroatoms. The van der Waals surface area contributed by atoms with Gasteiger partial charge in [-0.1, -0.05) is 6.07 Å². The van der Waals surface area contributed by atoms with Crippen molar-refractivity contribution in [3.63, 3.8) is 0 Å². The van der Waals surface area contributed by atoms with Crippen molar-refractivity contribution in [2.45, 2.75) is 11.0 Å². The van der Waals surface area contributed by atoms with Gasteiger partial charge in [0.15, 0.2) is 0 Å². The summed E-state index contributed by atoms with van der Waals surface area (Å²) in [7, 11) is 1.62. The van der Waals surface area contributed by atoms with Crippen LogP contribution in [0.5, 0.6) is 5.75 Å². The third kappa shape index (κ3) is 5.74. The Hall–Kier alpha value is -0.950. The fourth-order valence-electron chi connectivity index (χ4n) is 2.06. The molecule has 0 aliphatic carbocycles. The summed E-state index contributed by atoms with van der Waals surface area (Å²) in [6.07, 6.45) is -0.360. The van der Waals surface area contributed by atoms with Crippen LogP contribution in [0.1, 0.15) is 0 Å². The molecule has 0 radical (unpaired) electrons. The minimum absolute atomic E-state index is 0. The third-order valence-electron chi connectivity index (χ3n) is 3.28. The molecule has 21 heavy (non-hydrogen) atoms. The molecule has 1 amide bonds. The predicted molar refractivity (Wildman–Crippen MR) is 86.3 cm³/mol. The topological polar surface area (TPSA) is 70.6 Å². The number of carbonyl (C=O) groups excluding carboxylic acids is 1. The van der Waals surface area contributed by atoms with E-state index in [9.17, 15) is 9.90 Å². The van der Waals surface area contributed by atoms with Crippen LogP contribution in [0.25, 0.3) is 0 Å². The summed E-state index contributed by atoms with van der Waals surface area (Å²) in [5.41, 5.74) is 0. The van der Waals surface area contributed by atoms with Gasteiger partial charge in [0.25, 0.3) is 0 Å². The maximum Gasteiger partial charge on any atom is 0.230 e. The second kappa shape index (κ2) is 9.15. The molecule has 1 aromatic rings. The standard InChI is InChI=1S/C14H20N2O3S.ClH/c1-19-11-3-2-4-12(5-11)20-9-14(18)16-7-10-6-15-8-13(10)17;/h2-5,10,13,15,17H,6-9H2,1H3,(H,16,18);1H. The number of amides is 1. The minimum atomic E-state index is -0.360. The zero-order valence-electron chi connectivity index (χ0n) is 11.9. The van der Waals surface area contributed by atoms with Crippen molar-refractivity contribution >= 4 is 30.1 Å². The van der Waals surface area contributed by atoms with Gasteiger partial charge in [0.05, 0.1) is 19.0 Å². The predicted octanol–water partition coefficient (Wildman–Crippen LogP) is 0.906. The maximum atomic E-state index is 11.8. The first-order valence-electron chi connectivity index (χ1n) is 6.61. The van der Waals surface area contributed by atoms with Gasteiger partial charge in [-0.15, -0.1) is 24.2 Å². The maximum absolute atomic E-state index is 11.8. The number of ether oxygens (including phenoxy) is 1. The normalized spacial score (nSPS) is 20.7. The molecular formula is C14H21ClN2O3S. The van der Waals surface area contributed by atoms with Crippen LogP contribution in [-0.2, 0) is 4.79 Å². The lowest BCUT2D eigenvalue weighted by molar-refractivity contribution is -0.118. The highest BCUT2D eigenvalue weighted by atomic mass is 35.5. The average molecular weight is 333 g/mol. The van der Waals surface area contributed by atoms with E-state index in [2.05, 4.69) is 10.6 Å². The van der Waals surface area contributed by atoms with Crippen molar-refractivity contribution in [3.8, 4) is 5.75 Å². The Bertz CT molecular complexity index is 462. The smallest absolute Gasteiger partial charge is 0.230 e. The van der Waals surface area contributed by atoms with Crippen LogP contribution < -0.4 is 15.4 Å². The van der Waals surface area contributed by atoms with Crippen molar-refractivity contribution in [2.24, 2.45) is 5.92 Å². The number of rotatable bonds is 6. The van der Waals surface area contributed by atoms with Crippen molar-refractivity contribution in [3.05, 3.63) is 24.3 Å². The second-order valence-corrected chi connectivity index (χ2v) is 5.81. The van der Waals surface area contributed by atoms with Crippen LogP contribution in [0.3, 0.4) is 0 Å². The molecule has 118 valence electrons.